The van der Waals surface area contributed by atoms with Crippen molar-refractivity contribution in [3.8, 4) is 0 Å². The van der Waals surface area contributed by atoms with Crippen LogP contribution in [0, 0.1) is 17.8 Å². The summed E-state index contributed by atoms with van der Waals surface area (Å²) >= 11 is 2.88. The quantitative estimate of drug-likeness (QED) is 0.405. The van der Waals surface area contributed by atoms with Gasteiger partial charge in [-0.25, -0.2) is 9.78 Å². The third kappa shape index (κ3) is 4.08. The van der Waals surface area contributed by atoms with E-state index in [1.165, 1.54) is 66.5 Å². The molecule has 34 heavy (non-hydrogen) atoms. The zero-order chi connectivity index (χ0) is 23.3. The van der Waals surface area contributed by atoms with E-state index in [9.17, 15) is 9.59 Å². The lowest BCUT2D eigenvalue weighted by Crippen LogP contribution is -2.49. The minimum absolute atomic E-state index is 0.143. The first-order chi connectivity index (χ1) is 16.5. The average molecular weight is 501 g/mol. The van der Waals surface area contributed by atoms with E-state index in [1.807, 2.05) is 0 Å². The lowest BCUT2D eigenvalue weighted by atomic mass is 9.49. The topological polar surface area (TPSA) is 97.0 Å². The van der Waals surface area contributed by atoms with Crippen molar-refractivity contribution < 1.29 is 14.3 Å². The van der Waals surface area contributed by atoms with Crippen molar-refractivity contribution in [1.29, 1.82) is 0 Å². The van der Waals surface area contributed by atoms with Crippen LogP contribution in [0.2, 0.25) is 0 Å². The maximum atomic E-state index is 12.8. The number of aryl methyl sites for hydroxylation is 1. The van der Waals surface area contributed by atoms with Gasteiger partial charge in [-0.15, -0.1) is 16.4 Å². The Kier molecular flexibility index (Phi) is 5.96. The van der Waals surface area contributed by atoms with Crippen molar-refractivity contribution in [3.63, 3.8) is 0 Å². The molecule has 0 unspecified atom stereocenters. The summed E-state index contributed by atoms with van der Waals surface area (Å²) in [4.78, 5) is 31.5. The minimum Gasteiger partial charge on any atom is -0.462 e. The number of hydrogen-bond acceptors (Lipinski definition) is 7. The van der Waals surface area contributed by atoms with Gasteiger partial charge in [0.25, 0.3) is 0 Å². The molecule has 0 aromatic carbocycles. The normalized spacial score (nSPS) is 29.1. The fraction of sp³-hybridized carbons (Fsp3) is 0.680. The molecule has 5 aliphatic carbocycles. The smallest absolute Gasteiger partial charge is 0.341 e. The second kappa shape index (κ2) is 8.97. The monoisotopic (exact) mass is 500 g/mol. The largest absolute Gasteiger partial charge is 0.462 e. The van der Waals surface area contributed by atoms with Crippen LogP contribution < -0.4 is 5.32 Å². The molecule has 182 valence electrons. The number of esters is 1. The molecule has 9 heteroatoms. The van der Waals surface area contributed by atoms with Crippen molar-refractivity contribution in [3.05, 3.63) is 21.8 Å². The van der Waals surface area contributed by atoms with Gasteiger partial charge in [-0.2, -0.15) is 0 Å². The third-order valence-electron chi connectivity index (χ3n) is 8.24. The molecule has 0 radical (unpaired) electrons. The van der Waals surface area contributed by atoms with Crippen LogP contribution in [-0.2, 0) is 27.8 Å². The summed E-state index contributed by atoms with van der Waals surface area (Å²) in [5, 5.41) is 11.9. The minimum atomic E-state index is -0.334. The molecule has 0 aliphatic heterocycles. The Bertz CT molecular complexity index is 1070. The van der Waals surface area contributed by atoms with Crippen LogP contribution in [0.5, 0.6) is 0 Å². The second-order valence-electron chi connectivity index (χ2n) is 10.6. The number of aromatic amines is 1. The predicted octanol–water partition coefficient (Wildman–Crippen LogP) is 5.12. The highest BCUT2D eigenvalue weighted by molar-refractivity contribution is 7.99. The highest BCUT2D eigenvalue weighted by Gasteiger charge is 2.53. The number of aromatic nitrogens is 3. The summed E-state index contributed by atoms with van der Waals surface area (Å²) in [6.45, 7) is 2.13. The van der Waals surface area contributed by atoms with Gasteiger partial charge in [0.15, 0.2) is 0 Å². The first-order valence-electron chi connectivity index (χ1n) is 12.7. The highest BCUT2D eigenvalue weighted by atomic mass is 32.2. The molecule has 2 heterocycles. The molecular formula is C25H32N4O3S2. The van der Waals surface area contributed by atoms with Crippen molar-refractivity contribution in [2.75, 3.05) is 17.7 Å². The molecule has 0 atom stereocenters. The summed E-state index contributed by atoms with van der Waals surface area (Å²) in [6.07, 6.45) is 11.9. The summed E-state index contributed by atoms with van der Waals surface area (Å²) in [6, 6.07) is 0. The number of amides is 1. The Morgan fingerprint density at radius 2 is 1.85 bits per heavy atom. The number of H-pyrrole nitrogens is 1. The van der Waals surface area contributed by atoms with Gasteiger partial charge in [0, 0.05) is 10.3 Å². The first kappa shape index (κ1) is 22.6. The predicted molar refractivity (Wildman–Crippen MR) is 133 cm³/mol. The van der Waals surface area contributed by atoms with E-state index < -0.39 is 0 Å². The number of carbonyl (C=O) groups is 2. The number of thiophene rings is 1. The number of nitrogens with zero attached hydrogens (tertiary/aromatic N) is 2. The van der Waals surface area contributed by atoms with Crippen LogP contribution in [0.3, 0.4) is 0 Å². The number of fused-ring (bicyclic) bond motifs is 1. The van der Waals surface area contributed by atoms with E-state index in [-0.39, 0.29) is 23.0 Å². The molecule has 7 nitrogen and oxygen atoms in total. The van der Waals surface area contributed by atoms with Gasteiger partial charge < -0.3 is 10.1 Å². The fourth-order valence-corrected chi connectivity index (χ4v) is 9.21. The van der Waals surface area contributed by atoms with Gasteiger partial charge in [-0.05, 0) is 94.4 Å². The fourth-order valence-electron chi connectivity index (χ4n) is 7.31. The van der Waals surface area contributed by atoms with Crippen LogP contribution in [0.1, 0.15) is 84.9 Å². The number of rotatable bonds is 7. The molecule has 0 saturated heterocycles. The molecule has 0 spiro atoms. The Morgan fingerprint density at radius 3 is 2.56 bits per heavy atom. The van der Waals surface area contributed by atoms with E-state index >= 15 is 0 Å². The Labute approximate surface area is 208 Å². The summed E-state index contributed by atoms with van der Waals surface area (Å²) < 4.78 is 5.29. The molecular weight excluding hydrogens is 468 g/mol. The van der Waals surface area contributed by atoms with Gasteiger partial charge in [-0.3, -0.25) is 9.89 Å². The van der Waals surface area contributed by atoms with E-state index in [4.69, 9.17) is 9.72 Å². The van der Waals surface area contributed by atoms with Crippen molar-refractivity contribution in [2.24, 2.45) is 17.8 Å². The molecule has 4 fully saturated rings. The zero-order valence-electron chi connectivity index (χ0n) is 19.7. The van der Waals surface area contributed by atoms with Gasteiger partial charge in [0.1, 0.15) is 10.8 Å². The molecule has 2 aromatic rings. The SMILES string of the molecule is CCOC(=O)c1c(NC(=O)CSc2n[nH]c(C34CC5CC(CC(C5)C3)C4)n2)sc2c1CCCC2. The van der Waals surface area contributed by atoms with Crippen LogP contribution in [-0.4, -0.2) is 39.4 Å². The van der Waals surface area contributed by atoms with Gasteiger partial charge >= 0.3 is 5.97 Å². The molecule has 5 aliphatic rings. The van der Waals surface area contributed by atoms with Crippen molar-refractivity contribution in [1.82, 2.24) is 15.2 Å². The van der Waals surface area contributed by atoms with Crippen LogP contribution >= 0.6 is 23.1 Å². The van der Waals surface area contributed by atoms with Gasteiger partial charge in [0.2, 0.25) is 11.1 Å². The highest BCUT2D eigenvalue weighted by Crippen LogP contribution is 2.60. The third-order valence-corrected chi connectivity index (χ3v) is 10.3. The van der Waals surface area contributed by atoms with Gasteiger partial charge in [0.05, 0.1) is 17.9 Å². The van der Waals surface area contributed by atoms with E-state index in [0.717, 1.165) is 54.8 Å². The lowest BCUT2D eigenvalue weighted by molar-refractivity contribution is -0.113. The molecule has 4 bridgehead atoms. The lowest BCUT2D eigenvalue weighted by Gasteiger charge is -2.55. The number of thioether (sulfide) groups is 1. The summed E-state index contributed by atoms with van der Waals surface area (Å²) in [7, 11) is 0. The van der Waals surface area contributed by atoms with Gasteiger partial charge in [-0.1, -0.05) is 11.8 Å². The standard InChI is InChI=1S/C25H32N4O3S2/c1-2-32-22(31)20-17-5-3-4-6-18(17)34-21(20)26-19(30)13-33-24-27-23(28-29-24)25-10-14-7-15(11-25)9-16(8-14)12-25/h14-16H,2-13H2,1H3,(H,26,30)(H,27,28,29). The number of anilines is 1. The molecule has 1 amide bonds. The van der Waals surface area contributed by atoms with Crippen molar-refractivity contribution >= 4 is 40.0 Å². The van der Waals surface area contributed by atoms with E-state index in [2.05, 4.69) is 15.5 Å². The summed E-state index contributed by atoms with van der Waals surface area (Å²) in [5.74, 6) is 3.32. The Balaban J connectivity index is 1.12. The molecule has 2 N–H and O–H groups in total. The number of hydrogen-bond donors (Lipinski definition) is 2. The number of ether oxygens (including phenoxy) is 1. The van der Waals surface area contributed by atoms with Crippen molar-refractivity contribution in [2.45, 2.75) is 81.7 Å². The second-order valence-corrected chi connectivity index (χ2v) is 12.7. The molecule has 2 aromatic heterocycles. The number of nitrogens with one attached hydrogen (secondary N) is 2. The maximum Gasteiger partial charge on any atom is 0.341 e. The van der Waals surface area contributed by atoms with E-state index in [0.29, 0.717) is 22.3 Å². The molecule has 7 rings (SSSR count). The average Bonchev–Trinajstić information content (AvgIpc) is 3.42. The van der Waals surface area contributed by atoms with E-state index in [1.54, 1.807) is 6.92 Å². The maximum absolute atomic E-state index is 12.8. The zero-order valence-corrected chi connectivity index (χ0v) is 21.3. The first-order valence-corrected chi connectivity index (χ1v) is 14.5. The van der Waals surface area contributed by atoms with Crippen LogP contribution in [0.15, 0.2) is 5.16 Å². The summed E-state index contributed by atoms with van der Waals surface area (Å²) in [5.41, 5.74) is 1.79. The van der Waals surface area contributed by atoms with Crippen LogP contribution in [0.4, 0.5) is 5.00 Å². The van der Waals surface area contributed by atoms with Crippen LogP contribution in [0.25, 0.3) is 0 Å². The number of carbonyl (C=O) groups excluding carboxylic acids is 2. The molecule has 4 saturated carbocycles. The Morgan fingerprint density at radius 1 is 1.15 bits per heavy atom. The Hall–Kier alpha value is -1.87.